The average molecular weight is 233 g/mol. The van der Waals surface area contributed by atoms with Gasteiger partial charge < -0.3 is 5.32 Å². The van der Waals surface area contributed by atoms with Gasteiger partial charge in [-0.25, -0.2) is 0 Å². The lowest BCUT2D eigenvalue weighted by Gasteiger charge is -2.25. The van der Waals surface area contributed by atoms with Gasteiger partial charge in [-0.3, -0.25) is 4.79 Å². The van der Waals surface area contributed by atoms with Crippen LogP contribution in [0.1, 0.15) is 33.3 Å². The summed E-state index contributed by atoms with van der Waals surface area (Å²) in [7, 11) is 0. The number of rotatable bonds is 5. The van der Waals surface area contributed by atoms with E-state index in [-0.39, 0.29) is 17.2 Å². The molecule has 0 saturated heterocycles. The van der Waals surface area contributed by atoms with Crippen LogP contribution in [0.3, 0.4) is 0 Å². The fourth-order valence-corrected chi connectivity index (χ4v) is 1.88. The molecule has 0 aromatic heterocycles. The molecule has 2 heteroatoms. The number of nitrogens with one attached hydrogen (secondary N) is 1. The van der Waals surface area contributed by atoms with Gasteiger partial charge >= 0.3 is 0 Å². The maximum Gasteiger partial charge on any atom is 0.155 e. The highest BCUT2D eigenvalue weighted by Gasteiger charge is 2.28. The zero-order valence-corrected chi connectivity index (χ0v) is 11.3. The van der Waals surface area contributed by atoms with Crippen molar-refractivity contribution >= 4 is 5.78 Å². The van der Waals surface area contributed by atoms with Gasteiger partial charge in [0.25, 0.3) is 0 Å². The Morgan fingerprint density at radius 2 is 1.82 bits per heavy atom. The Labute approximate surface area is 104 Å². The summed E-state index contributed by atoms with van der Waals surface area (Å²) in [5.41, 5.74) is 0.915. The molecule has 0 fully saturated rings. The lowest BCUT2D eigenvalue weighted by Crippen LogP contribution is -2.44. The predicted octanol–water partition coefficient (Wildman–Crippen LogP) is 2.82. The van der Waals surface area contributed by atoms with Crippen molar-refractivity contribution in [3.8, 4) is 0 Å². The number of likely N-dealkylation sites (N-methyl/N-ethyl adjacent to an activating group) is 1. The van der Waals surface area contributed by atoms with Crippen molar-refractivity contribution in [3.63, 3.8) is 0 Å². The van der Waals surface area contributed by atoms with Crippen LogP contribution in [-0.4, -0.2) is 18.4 Å². The first-order chi connectivity index (χ1) is 7.95. The second kappa shape index (κ2) is 5.97. The third kappa shape index (κ3) is 4.31. The Bertz CT molecular complexity index is 351. The maximum absolute atomic E-state index is 12.3. The first-order valence-electron chi connectivity index (χ1n) is 6.26. The molecule has 0 aliphatic rings. The van der Waals surface area contributed by atoms with Crippen LogP contribution in [0.15, 0.2) is 30.3 Å². The summed E-state index contributed by atoms with van der Waals surface area (Å²) in [6.45, 7) is 8.78. The van der Waals surface area contributed by atoms with Gasteiger partial charge in [0, 0.05) is 5.41 Å². The number of ketones is 1. The smallest absolute Gasteiger partial charge is 0.155 e. The quantitative estimate of drug-likeness (QED) is 0.847. The standard InChI is InChI=1S/C15H23NO/c1-5-16-13(14(17)15(2,3)4)11-12-9-7-6-8-10-12/h6-10,13,16H,5,11H2,1-4H3/t13-/m0/s1. The second-order valence-corrected chi connectivity index (χ2v) is 5.41. The van der Waals surface area contributed by atoms with Crippen LogP contribution in [0.25, 0.3) is 0 Å². The summed E-state index contributed by atoms with van der Waals surface area (Å²) in [5.74, 6) is 0.281. The Hall–Kier alpha value is -1.15. The molecule has 1 atom stereocenters. The molecule has 1 rings (SSSR count). The van der Waals surface area contributed by atoms with Gasteiger partial charge in [0.1, 0.15) is 0 Å². The lowest BCUT2D eigenvalue weighted by molar-refractivity contribution is -0.128. The summed E-state index contributed by atoms with van der Waals surface area (Å²) >= 11 is 0. The molecule has 1 aromatic carbocycles. The molecule has 2 nitrogen and oxygen atoms in total. The summed E-state index contributed by atoms with van der Waals surface area (Å²) in [5, 5.41) is 3.29. The largest absolute Gasteiger partial charge is 0.307 e. The van der Waals surface area contributed by atoms with E-state index in [0.717, 1.165) is 13.0 Å². The van der Waals surface area contributed by atoms with Crippen molar-refractivity contribution in [2.45, 2.75) is 40.2 Å². The summed E-state index contributed by atoms with van der Waals surface area (Å²) in [4.78, 5) is 12.3. The molecule has 0 amide bonds. The van der Waals surface area contributed by atoms with Crippen LogP contribution < -0.4 is 5.32 Å². The van der Waals surface area contributed by atoms with Crippen molar-refractivity contribution in [2.75, 3.05) is 6.54 Å². The monoisotopic (exact) mass is 233 g/mol. The molecular weight excluding hydrogens is 210 g/mol. The number of carbonyl (C=O) groups excluding carboxylic acids is 1. The van der Waals surface area contributed by atoms with Crippen molar-refractivity contribution in [1.82, 2.24) is 5.32 Å². The molecule has 0 saturated carbocycles. The van der Waals surface area contributed by atoms with Crippen LogP contribution >= 0.6 is 0 Å². The Balaban J connectivity index is 2.77. The topological polar surface area (TPSA) is 29.1 Å². The van der Waals surface area contributed by atoms with Crippen LogP contribution in [0.5, 0.6) is 0 Å². The molecule has 0 aliphatic carbocycles. The first-order valence-corrected chi connectivity index (χ1v) is 6.26. The molecule has 1 N–H and O–H groups in total. The number of carbonyl (C=O) groups is 1. The number of Topliss-reactive ketones (excluding diaryl/α,β-unsaturated/α-hetero) is 1. The zero-order valence-electron chi connectivity index (χ0n) is 11.3. The highest BCUT2D eigenvalue weighted by atomic mass is 16.1. The van der Waals surface area contributed by atoms with E-state index < -0.39 is 0 Å². The summed E-state index contributed by atoms with van der Waals surface area (Å²) < 4.78 is 0. The fraction of sp³-hybridized carbons (Fsp3) is 0.533. The SMILES string of the molecule is CCN[C@@H](Cc1ccccc1)C(=O)C(C)(C)C. The van der Waals surface area contributed by atoms with E-state index in [2.05, 4.69) is 17.4 Å². The highest BCUT2D eigenvalue weighted by Crippen LogP contribution is 2.18. The number of hydrogen-bond acceptors (Lipinski definition) is 2. The first kappa shape index (κ1) is 13.9. The minimum Gasteiger partial charge on any atom is -0.307 e. The minimum atomic E-state index is -0.290. The highest BCUT2D eigenvalue weighted by molar-refractivity contribution is 5.89. The van der Waals surface area contributed by atoms with E-state index in [1.165, 1.54) is 5.56 Å². The molecule has 0 heterocycles. The maximum atomic E-state index is 12.3. The molecule has 17 heavy (non-hydrogen) atoms. The molecule has 0 radical (unpaired) electrons. The van der Waals surface area contributed by atoms with E-state index >= 15 is 0 Å². The van der Waals surface area contributed by atoms with Gasteiger partial charge in [-0.15, -0.1) is 0 Å². The van der Waals surface area contributed by atoms with Crippen LogP contribution in [0.2, 0.25) is 0 Å². The van der Waals surface area contributed by atoms with Crippen LogP contribution in [0.4, 0.5) is 0 Å². The molecule has 94 valence electrons. The van der Waals surface area contributed by atoms with Gasteiger partial charge in [-0.1, -0.05) is 58.0 Å². The van der Waals surface area contributed by atoms with E-state index in [0.29, 0.717) is 0 Å². The molecule has 0 unspecified atom stereocenters. The van der Waals surface area contributed by atoms with Crippen LogP contribution in [-0.2, 0) is 11.2 Å². The summed E-state index contributed by atoms with van der Waals surface area (Å²) in [6, 6.07) is 10.1. The van der Waals surface area contributed by atoms with Gasteiger partial charge in [0.2, 0.25) is 0 Å². The fourth-order valence-electron chi connectivity index (χ4n) is 1.88. The predicted molar refractivity (Wildman–Crippen MR) is 72.1 cm³/mol. The minimum absolute atomic E-state index is 0.0811. The molecule has 0 aliphatic heterocycles. The molecule has 0 spiro atoms. The number of hydrogen-bond donors (Lipinski definition) is 1. The third-order valence-corrected chi connectivity index (χ3v) is 2.79. The average Bonchev–Trinajstić information content (AvgIpc) is 2.28. The van der Waals surface area contributed by atoms with Crippen molar-refractivity contribution < 1.29 is 4.79 Å². The van der Waals surface area contributed by atoms with E-state index in [1.807, 2.05) is 45.9 Å². The van der Waals surface area contributed by atoms with Crippen molar-refractivity contribution in [2.24, 2.45) is 5.41 Å². The van der Waals surface area contributed by atoms with Gasteiger partial charge in [0.15, 0.2) is 5.78 Å². The van der Waals surface area contributed by atoms with Crippen molar-refractivity contribution in [3.05, 3.63) is 35.9 Å². The number of benzene rings is 1. The van der Waals surface area contributed by atoms with E-state index in [9.17, 15) is 4.79 Å². The second-order valence-electron chi connectivity index (χ2n) is 5.41. The molecule has 1 aromatic rings. The Kier molecular flexibility index (Phi) is 4.88. The zero-order chi connectivity index (χ0) is 12.9. The van der Waals surface area contributed by atoms with Gasteiger partial charge in [-0.05, 0) is 18.5 Å². The Morgan fingerprint density at radius 3 is 2.29 bits per heavy atom. The van der Waals surface area contributed by atoms with Crippen LogP contribution in [0, 0.1) is 5.41 Å². The van der Waals surface area contributed by atoms with Gasteiger partial charge in [-0.2, -0.15) is 0 Å². The Morgan fingerprint density at radius 1 is 1.24 bits per heavy atom. The molecule has 0 bridgehead atoms. The van der Waals surface area contributed by atoms with E-state index in [1.54, 1.807) is 0 Å². The lowest BCUT2D eigenvalue weighted by atomic mass is 9.84. The molecular formula is C15H23NO. The summed E-state index contributed by atoms with van der Waals surface area (Å²) in [6.07, 6.45) is 0.769. The van der Waals surface area contributed by atoms with Crippen molar-refractivity contribution in [1.29, 1.82) is 0 Å². The van der Waals surface area contributed by atoms with Gasteiger partial charge in [0.05, 0.1) is 6.04 Å². The normalized spacial score (nSPS) is 13.4. The van der Waals surface area contributed by atoms with E-state index in [4.69, 9.17) is 0 Å². The third-order valence-electron chi connectivity index (χ3n) is 2.79.